The number of urea groups is 1. The maximum absolute atomic E-state index is 14.1. The first-order chi connectivity index (χ1) is 20.1. The number of rotatable bonds is 7. The number of benzene rings is 1. The minimum atomic E-state index is -4.84. The smallest absolute Gasteiger partial charge is 0.416 e. The summed E-state index contributed by atoms with van der Waals surface area (Å²) in [6.07, 6.45) is -2.40. The number of likely N-dealkylation sites (tertiary alicyclic amines) is 1. The van der Waals surface area contributed by atoms with Crippen LogP contribution in [0.3, 0.4) is 0 Å². The number of amides is 5. The highest BCUT2D eigenvalue weighted by Gasteiger charge is 2.58. The molecule has 2 aliphatic rings. The largest absolute Gasteiger partial charge is 0.443 e. The number of alkyl halides is 3. The first-order valence-electron chi connectivity index (χ1n) is 13.5. The van der Waals surface area contributed by atoms with E-state index in [4.69, 9.17) is 4.42 Å². The molecule has 1 spiro atoms. The molecule has 1 aromatic carbocycles. The molecule has 2 aromatic rings. The van der Waals surface area contributed by atoms with Gasteiger partial charge in [-0.2, -0.15) is 13.2 Å². The molecular weight excluding hydrogens is 574 g/mol. The Bertz CT molecular complexity index is 1530. The topological polar surface area (TPSA) is 116 Å². The second-order valence-corrected chi connectivity index (χ2v) is 10.7. The Morgan fingerprint density at radius 3 is 2.40 bits per heavy atom. The van der Waals surface area contributed by atoms with E-state index in [1.165, 1.54) is 23.2 Å². The second kappa shape index (κ2) is 11.7. The molecule has 10 nitrogen and oxygen atoms in total. The van der Waals surface area contributed by atoms with Gasteiger partial charge in [0.1, 0.15) is 22.9 Å². The minimum Gasteiger partial charge on any atom is -0.443 e. The summed E-state index contributed by atoms with van der Waals surface area (Å²) >= 11 is 0. The van der Waals surface area contributed by atoms with E-state index in [1.54, 1.807) is 32.0 Å². The zero-order valence-corrected chi connectivity index (χ0v) is 24.0. The predicted octanol–water partition coefficient (Wildman–Crippen LogP) is 4.65. The van der Waals surface area contributed by atoms with E-state index >= 15 is 0 Å². The summed E-state index contributed by atoms with van der Waals surface area (Å²) in [6, 6.07) is 3.15. The average molecular weight is 606 g/mol. The Labute approximate surface area is 244 Å². The molecule has 4 rings (SSSR count). The van der Waals surface area contributed by atoms with E-state index in [-0.39, 0.29) is 25.9 Å². The van der Waals surface area contributed by atoms with E-state index in [0.29, 0.717) is 28.9 Å². The van der Waals surface area contributed by atoms with Crippen LogP contribution in [0.5, 0.6) is 0 Å². The van der Waals surface area contributed by atoms with Crippen LogP contribution in [0.2, 0.25) is 0 Å². The van der Waals surface area contributed by atoms with Crippen LogP contribution in [0.25, 0.3) is 11.1 Å². The van der Waals surface area contributed by atoms with Crippen molar-refractivity contribution in [1.82, 2.24) is 20.1 Å². The van der Waals surface area contributed by atoms with Crippen LogP contribution in [0.15, 0.2) is 64.7 Å². The highest BCUT2D eigenvalue weighted by molar-refractivity contribution is 6.17. The number of likely N-dealkylation sites (N-methyl/N-ethyl adjacent to an activating group) is 1. The number of aromatic nitrogens is 1. The van der Waals surface area contributed by atoms with E-state index < -0.39 is 64.4 Å². The number of hydrogen-bond donors (Lipinski definition) is 1. The third-order valence-electron chi connectivity index (χ3n) is 7.78. The molecule has 5 amide bonds. The number of anilines is 1. The van der Waals surface area contributed by atoms with Gasteiger partial charge in [0, 0.05) is 25.8 Å². The SMILES string of the molecule is C=C(F)/C(=C\C(=CC)C(F)(F)F)C(=O)N[C@@H](C(=O)N1CCC2(CC1)C(=O)N(C)C(=O)N2c1ccc2ocnc2c1)C(C)C. The van der Waals surface area contributed by atoms with Crippen molar-refractivity contribution >= 4 is 40.5 Å². The summed E-state index contributed by atoms with van der Waals surface area (Å²) in [7, 11) is 1.38. The summed E-state index contributed by atoms with van der Waals surface area (Å²) < 4.78 is 59.1. The van der Waals surface area contributed by atoms with Crippen LogP contribution >= 0.6 is 0 Å². The number of fused-ring (bicyclic) bond motifs is 1. The molecule has 230 valence electrons. The standard InChI is InChI=1S/C29H31F4N5O5/c1-6-18(29(31,32)33)13-20(17(4)30)24(39)35-23(16(2)3)25(40)37-11-9-28(10-12-37)26(41)36(5)27(42)38(28)19-7-8-22-21(14-19)34-15-43-22/h6-8,13-16,23H,4,9-12H2,1-3,5H3,(H,35,39)/b18-6?,20-13+/t23-/m1/s1. The number of nitrogens with one attached hydrogen (secondary N) is 1. The lowest BCUT2D eigenvalue weighted by Crippen LogP contribution is -2.60. The van der Waals surface area contributed by atoms with Crippen LogP contribution in [0, 0.1) is 5.92 Å². The lowest BCUT2D eigenvalue weighted by Gasteiger charge is -2.43. The van der Waals surface area contributed by atoms with E-state index in [2.05, 4.69) is 16.9 Å². The molecule has 14 heteroatoms. The molecule has 0 unspecified atom stereocenters. The van der Waals surface area contributed by atoms with Gasteiger partial charge in [-0.25, -0.2) is 14.2 Å². The second-order valence-electron chi connectivity index (χ2n) is 10.7. The predicted molar refractivity (Wildman–Crippen MR) is 148 cm³/mol. The number of allylic oxidation sites excluding steroid dienone is 3. The normalized spacial score (nSPS) is 18.7. The van der Waals surface area contributed by atoms with Gasteiger partial charge in [-0.3, -0.25) is 24.2 Å². The summed E-state index contributed by atoms with van der Waals surface area (Å²) in [5, 5.41) is 2.36. The van der Waals surface area contributed by atoms with Crippen LogP contribution in [0.1, 0.15) is 33.6 Å². The molecule has 0 saturated carbocycles. The van der Waals surface area contributed by atoms with Crippen molar-refractivity contribution in [2.24, 2.45) is 5.92 Å². The summed E-state index contributed by atoms with van der Waals surface area (Å²) in [6.45, 7) is 7.36. The molecule has 0 bridgehead atoms. The van der Waals surface area contributed by atoms with Gasteiger partial charge in [0.05, 0.1) is 11.1 Å². The average Bonchev–Trinajstić information content (AvgIpc) is 3.48. The van der Waals surface area contributed by atoms with Gasteiger partial charge < -0.3 is 14.6 Å². The van der Waals surface area contributed by atoms with Crippen molar-refractivity contribution in [3.63, 3.8) is 0 Å². The van der Waals surface area contributed by atoms with Gasteiger partial charge in [0.2, 0.25) is 5.91 Å². The van der Waals surface area contributed by atoms with Crippen molar-refractivity contribution in [1.29, 1.82) is 0 Å². The van der Waals surface area contributed by atoms with Gasteiger partial charge >= 0.3 is 12.2 Å². The van der Waals surface area contributed by atoms with E-state index in [0.717, 1.165) is 11.8 Å². The summed E-state index contributed by atoms with van der Waals surface area (Å²) in [5.74, 6) is -4.15. The minimum absolute atomic E-state index is 0.0306. The van der Waals surface area contributed by atoms with Crippen molar-refractivity contribution in [2.45, 2.75) is 51.4 Å². The van der Waals surface area contributed by atoms with Gasteiger partial charge in [0.25, 0.3) is 11.8 Å². The van der Waals surface area contributed by atoms with Crippen molar-refractivity contribution < 1.29 is 41.2 Å². The molecular formula is C29H31F4N5O5. The van der Waals surface area contributed by atoms with Crippen LogP contribution in [0.4, 0.5) is 28.0 Å². The van der Waals surface area contributed by atoms with Gasteiger partial charge in [-0.05, 0) is 50.0 Å². The number of imide groups is 1. The maximum atomic E-state index is 14.1. The first-order valence-corrected chi connectivity index (χ1v) is 13.5. The molecule has 1 atom stereocenters. The monoisotopic (exact) mass is 605 g/mol. The molecule has 0 radical (unpaired) electrons. The van der Waals surface area contributed by atoms with Gasteiger partial charge in [-0.15, -0.1) is 0 Å². The number of carbonyl (C=O) groups excluding carboxylic acids is 4. The van der Waals surface area contributed by atoms with Gasteiger partial charge in [0.15, 0.2) is 12.0 Å². The fraction of sp³-hybridized carbons (Fsp3) is 0.414. The third-order valence-corrected chi connectivity index (χ3v) is 7.78. The number of oxazole rings is 1. The number of hydrogen-bond acceptors (Lipinski definition) is 6. The molecule has 2 fully saturated rings. The van der Waals surface area contributed by atoms with Crippen LogP contribution < -0.4 is 10.2 Å². The quantitative estimate of drug-likeness (QED) is 0.213. The fourth-order valence-corrected chi connectivity index (χ4v) is 5.39. The van der Waals surface area contributed by atoms with Gasteiger partial charge in [-0.1, -0.05) is 26.5 Å². The number of piperidine rings is 1. The molecule has 3 heterocycles. The molecule has 1 aromatic heterocycles. The number of halogens is 4. The van der Waals surface area contributed by atoms with E-state index in [1.807, 2.05) is 0 Å². The lowest BCUT2D eigenvalue weighted by molar-refractivity contribution is -0.140. The van der Waals surface area contributed by atoms with Crippen LogP contribution in [-0.2, 0) is 14.4 Å². The Kier molecular flexibility index (Phi) is 8.52. The van der Waals surface area contributed by atoms with Crippen molar-refractivity contribution in [2.75, 3.05) is 25.0 Å². The molecule has 0 aliphatic carbocycles. The summed E-state index contributed by atoms with van der Waals surface area (Å²) in [5.41, 5.74) is -2.06. The van der Waals surface area contributed by atoms with Crippen molar-refractivity contribution in [3.8, 4) is 0 Å². The zero-order chi connectivity index (χ0) is 31.9. The fourth-order valence-electron chi connectivity index (χ4n) is 5.39. The highest BCUT2D eigenvalue weighted by atomic mass is 19.4. The molecule has 2 saturated heterocycles. The number of carbonyl (C=O) groups is 4. The lowest BCUT2D eigenvalue weighted by atomic mass is 9.85. The Morgan fingerprint density at radius 1 is 1.19 bits per heavy atom. The summed E-state index contributed by atoms with van der Waals surface area (Å²) in [4.78, 5) is 61.1. The van der Waals surface area contributed by atoms with E-state index in [9.17, 15) is 36.7 Å². The Balaban J connectivity index is 1.55. The zero-order valence-electron chi connectivity index (χ0n) is 24.0. The van der Waals surface area contributed by atoms with Crippen LogP contribution in [-0.4, -0.2) is 76.4 Å². The van der Waals surface area contributed by atoms with Crippen molar-refractivity contribution in [3.05, 3.63) is 60.3 Å². The first kappa shape index (κ1) is 31.4. The Morgan fingerprint density at radius 2 is 1.84 bits per heavy atom. The highest BCUT2D eigenvalue weighted by Crippen LogP contribution is 2.41. The Hall–Kier alpha value is -4.49. The third kappa shape index (κ3) is 5.77. The molecule has 43 heavy (non-hydrogen) atoms. The number of nitrogens with zero attached hydrogens (tertiary/aromatic N) is 4. The molecule has 1 N–H and O–H groups in total. The molecule has 2 aliphatic heterocycles. The maximum Gasteiger partial charge on any atom is 0.416 e.